The van der Waals surface area contributed by atoms with Crippen LogP contribution >= 0.6 is 11.3 Å². The van der Waals surface area contributed by atoms with Crippen LogP contribution in [0.15, 0.2) is 47.8 Å². The van der Waals surface area contributed by atoms with Gasteiger partial charge in [0, 0.05) is 22.7 Å². The van der Waals surface area contributed by atoms with E-state index in [9.17, 15) is 9.18 Å². The predicted molar refractivity (Wildman–Crippen MR) is 118 cm³/mol. The van der Waals surface area contributed by atoms with E-state index in [0.717, 1.165) is 48.3 Å². The number of amides is 1. The topological polar surface area (TPSA) is 70.2 Å². The second-order valence-corrected chi connectivity index (χ2v) is 8.33. The Balaban J connectivity index is 1.28. The summed E-state index contributed by atoms with van der Waals surface area (Å²) in [6.45, 7) is 3.99. The van der Waals surface area contributed by atoms with Gasteiger partial charge in [0.1, 0.15) is 11.6 Å². The lowest BCUT2D eigenvalue weighted by atomic mass is 9.93. The molecular weight excluding hydrogens is 401 g/mol. The van der Waals surface area contributed by atoms with Gasteiger partial charge in [-0.1, -0.05) is 6.07 Å². The normalized spacial score (nSPS) is 15.1. The molecule has 3 heterocycles. The molecule has 0 aliphatic carbocycles. The number of halogens is 1. The summed E-state index contributed by atoms with van der Waals surface area (Å²) in [7, 11) is 0. The molecule has 2 aromatic heterocycles. The van der Waals surface area contributed by atoms with Gasteiger partial charge in [0.25, 0.3) is 0 Å². The summed E-state index contributed by atoms with van der Waals surface area (Å²) in [5, 5.41) is 8.95. The molecular formula is C22H24FN5OS. The van der Waals surface area contributed by atoms with Crippen LogP contribution in [-0.2, 0) is 4.79 Å². The predicted octanol–water partition coefficient (Wildman–Crippen LogP) is 4.55. The van der Waals surface area contributed by atoms with E-state index in [1.165, 1.54) is 12.1 Å². The fourth-order valence-corrected chi connectivity index (χ4v) is 4.29. The minimum Gasteiger partial charge on any atom is -0.325 e. The molecule has 30 heavy (non-hydrogen) atoms. The van der Waals surface area contributed by atoms with E-state index in [0.29, 0.717) is 18.2 Å². The number of likely N-dealkylation sites (tertiary alicyclic amines) is 1. The second kappa shape index (κ2) is 9.32. The number of carbonyl (C=O) groups is 1. The van der Waals surface area contributed by atoms with E-state index >= 15 is 0 Å². The molecule has 1 aliphatic heterocycles. The maximum Gasteiger partial charge on any atom is 0.238 e. The Hall–Kier alpha value is -2.84. The minimum absolute atomic E-state index is 0.0804. The number of pyridine rings is 1. The highest BCUT2D eigenvalue weighted by atomic mass is 32.1. The fraction of sp³-hybridized carbons (Fsp3) is 0.318. The highest BCUT2D eigenvalue weighted by molar-refractivity contribution is 7.13. The Bertz CT molecular complexity index is 999. The third kappa shape index (κ3) is 5.40. The Morgan fingerprint density at radius 1 is 1.17 bits per heavy atom. The monoisotopic (exact) mass is 425 g/mol. The first kappa shape index (κ1) is 20.4. The molecule has 1 aliphatic rings. The fourth-order valence-electron chi connectivity index (χ4n) is 3.59. The molecule has 1 fully saturated rings. The summed E-state index contributed by atoms with van der Waals surface area (Å²) < 4.78 is 13.0. The molecule has 6 nitrogen and oxygen atoms in total. The number of rotatable bonds is 6. The maximum absolute atomic E-state index is 13.0. The zero-order chi connectivity index (χ0) is 20.9. The van der Waals surface area contributed by atoms with Crippen LogP contribution in [0.1, 0.15) is 30.1 Å². The van der Waals surface area contributed by atoms with Gasteiger partial charge in [0.05, 0.1) is 12.2 Å². The van der Waals surface area contributed by atoms with Gasteiger partial charge in [0.15, 0.2) is 5.13 Å². The van der Waals surface area contributed by atoms with Gasteiger partial charge < -0.3 is 10.6 Å². The quantitative estimate of drug-likeness (QED) is 0.606. The number of nitrogens with zero attached hydrogens (tertiary/aromatic N) is 3. The molecule has 3 aromatic rings. The van der Waals surface area contributed by atoms with Crippen LogP contribution in [0.3, 0.4) is 0 Å². The van der Waals surface area contributed by atoms with Crippen LogP contribution < -0.4 is 10.6 Å². The summed E-state index contributed by atoms with van der Waals surface area (Å²) in [5.74, 6) is 0.789. The maximum atomic E-state index is 13.0. The summed E-state index contributed by atoms with van der Waals surface area (Å²) >= 11 is 1.57. The number of hydrogen-bond acceptors (Lipinski definition) is 6. The van der Waals surface area contributed by atoms with Crippen molar-refractivity contribution < 1.29 is 9.18 Å². The molecule has 0 saturated carbocycles. The number of nitrogens with one attached hydrogen (secondary N) is 2. The van der Waals surface area contributed by atoms with E-state index in [1.807, 2.05) is 24.4 Å². The molecule has 1 saturated heterocycles. The lowest BCUT2D eigenvalue weighted by molar-refractivity contribution is -0.117. The SMILES string of the molecule is Cc1csc(Nc2cccc(C3CCN(CC(=O)Nc4ccc(F)cc4)CC3)n2)n1. The number of piperidine rings is 1. The second-order valence-electron chi connectivity index (χ2n) is 7.47. The van der Waals surface area contributed by atoms with Crippen molar-refractivity contribution in [3.63, 3.8) is 0 Å². The van der Waals surface area contributed by atoms with Crippen LogP contribution in [0.25, 0.3) is 0 Å². The lowest BCUT2D eigenvalue weighted by Gasteiger charge is -2.31. The standard InChI is InChI=1S/C22H24FN5OS/c1-15-14-30-22(24-15)27-20-4-2-3-19(26-20)16-9-11-28(12-10-16)13-21(29)25-18-7-5-17(23)6-8-18/h2-8,14,16H,9-13H2,1H3,(H,25,29)(H,24,26,27). The molecule has 8 heteroatoms. The third-order valence-corrected chi connectivity index (χ3v) is 6.00. The highest BCUT2D eigenvalue weighted by Gasteiger charge is 2.23. The Morgan fingerprint density at radius 3 is 2.63 bits per heavy atom. The Labute approximate surface area is 179 Å². The third-order valence-electron chi connectivity index (χ3n) is 5.13. The van der Waals surface area contributed by atoms with Crippen LogP contribution in [-0.4, -0.2) is 40.4 Å². The number of benzene rings is 1. The number of hydrogen-bond donors (Lipinski definition) is 2. The van der Waals surface area contributed by atoms with Crippen LogP contribution in [0.2, 0.25) is 0 Å². The first-order chi connectivity index (χ1) is 14.5. The van der Waals surface area contributed by atoms with E-state index in [1.54, 1.807) is 23.5 Å². The van der Waals surface area contributed by atoms with Crippen molar-refractivity contribution in [2.24, 2.45) is 0 Å². The van der Waals surface area contributed by atoms with Crippen molar-refractivity contribution >= 4 is 33.9 Å². The van der Waals surface area contributed by atoms with Crippen LogP contribution in [0, 0.1) is 12.7 Å². The highest BCUT2D eigenvalue weighted by Crippen LogP contribution is 2.28. The molecule has 0 bridgehead atoms. The minimum atomic E-state index is -0.315. The van der Waals surface area contributed by atoms with Gasteiger partial charge in [-0.2, -0.15) is 0 Å². The summed E-state index contributed by atoms with van der Waals surface area (Å²) in [4.78, 5) is 23.6. The van der Waals surface area contributed by atoms with Crippen LogP contribution in [0.4, 0.5) is 21.0 Å². The van der Waals surface area contributed by atoms with E-state index in [4.69, 9.17) is 4.98 Å². The van der Waals surface area contributed by atoms with Crippen LogP contribution in [0.5, 0.6) is 0 Å². The van der Waals surface area contributed by atoms with Gasteiger partial charge in [-0.3, -0.25) is 9.69 Å². The molecule has 0 atom stereocenters. The zero-order valence-corrected chi connectivity index (χ0v) is 17.6. The molecule has 1 amide bonds. The van der Waals surface area contributed by atoms with E-state index in [-0.39, 0.29) is 11.7 Å². The van der Waals surface area contributed by atoms with Crippen molar-refractivity contribution in [3.05, 3.63) is 65.0 Å². The molecule has 2 N–H and O–H groups in total. The largest absolute Gasteiger partial charge is 0.325 e. The molecule has 1 aromatic carbocycles. The number of anilines is 3. The van der Waals surface area contributed by atoms with Gasteiger partial charge in [-0.05, 0) is 69.3 Å². The number of aryl methyl sites for hydroxylation is 1. The van der Waals surface area contributed by atoms with E-state index in [2.05, 4.69) is 26.6 Å². The Kier molecular flexibility index (Phi) is 6.35. The molecule has 4 rings (SSSR count). The summed E-state index contributed by atoms with van der Waals surface area (Å²) in [6, 6.07) is 11.9. The number of thiazole rings is 1. The summed E-state index contributed by atoms with van der Waals surface area (Å²) in [6.07, 6.45) is 1.91. The average Bonchev–Trinajstić information content (AvgIpc) is 3.15. The molecule has 0 spiro atoms. The van der Waals surface area contributed by atoms with Crippen molar-refractivity contribution in [1.29, 1.82) is 0 Å². The average molecular weight is 426 g/mol. The van der Waals surface area contributed by atoms with Crippen molar-refractivity contribution in [3.8, 4) is 0 Å². The number of carbonyl (C=O) groups excluding carboxylic acids is 1. The zero-order valence-electron chi connectivity index (χ0n) is 16.8. The van der Waals surface area contributed by atoms with Crippen molar-refractivity contribution in [1.82, 2.24) is 14.9 Å². The molecule has 156 valence electrons. The van der Waals surface area contributed by atoms with E-state index < -0.39 is 0 Å². The van der Waals surface area contributed by atoms with Crippen molar-refractivity contribution in [2.75, 3.05) is 30.3 Å². The van der Waals surface area contributed by atoms with Gasteiger partial charge in [-0.15, -0.1) is 11.3 Å². The Morgan fingerprint density at radius 2 is 1.93 bits per heavy atom. The summed E-state index contributed by atoms with van der Waals surface area (Å²) in [5.41, 5.74) is 2.68. The van der Waals surface area contributed by atoms with Gasteiger partial charge >= 0.3 is 0 Å². The smallest absolute Gasteiger partial charge is 0.238 e. The van der Waals surface area contributed by atoms with Gasteiger partial charge in [0.2, 0.25) is 5.91 Å². The number of aromatic nitrogens is 2. The molecule has 0 radical (unpaired) electrons. The van der Waals surface area contributed by atoms with Crippen molar-refractivity contribution in [2.45, 2.75) is 25.7 Å². The lowest BCUT2D eigenvalue weighted by Crippen LogP contribution is -2.38. The first-order valence-electron chi connectivity index (χ1n) is 9.99. The molecule has 0 unspecified atom stereocenters. The first-order valence-corrected chi connectivity index (χ1v) is 10.9. The van der Waals surface area contributed by atoms with Gasteiger partial charge in [-0.25, -0.2) is 14.4 Å².